The minimum Gasteiger partial charge on any atom is -0.370 e. The number of hydrogen-bond acceptors (Lipinski definition) is 4. The molecule has 0 aromatic rings. The van der Waals surface area contributed by atoms with Crippen LogP contribution in [0.5, 0.6) is 0 Å². The molecule has 0 saturated heterocycles. The number of hydrogen-bond donors (Lipinski definition) is 11. The summed E-state index contributed by atoms with van der Waals surface area (Å²) in [7, 11) is 0. The van der Waals surface area contributed by atoms with Gasteiger partial charge in [0, 0.05) is 13.1 Å². The number of unbranched alkanes of at least 4 members (excludes halogenated alkanes) is 3. The van der Waals surface area contributed by atoms with Crippen molar-refractivity contribution in [3.63, 3.8) is 0 Å². The quantitative estimate of drug-likeness (QED) is 0.115. The van der Waals surface area contributed by atoms with E-state index >= 15 is 0 Å². The first-order chi connectivity index (χ1) is 12.5. The number of nitrogens with one attached hydrogen (secondary N) is 3. The average Bonchev–Trinajstić information content (AvgIpc) is 2.47. The van der Waals surface area contributed by atoms with Crippen LogP contribution in [0.3, 0.4) is 0 Å². The molecule has 15 nitrogen and oxygen atoms in total. The van der Waals surface area contributed by atoms with Gasteiger partial charge in [-0.05, 0) is 12.8 Å². The minimum absolute atomic E-state index is 0.0949. The third kappa shape index (κ3) is 24.6. The van der Waals surface area contributed by atoms with Crippen molar-refractivity contribution >= 4 is 35.8 Å². The van der Waals surface area contributed by atoms with Crippen LogP contribution in [0.2, 0.25) is 0 Å². The topological polar surface area (TPSA) is 317 Å². The van der Waals surface area contributed by atoms with E-state index in [-0.39, 0.29) is 35.8 Å². The normalized spacial score (nSPS) is 10.8. The largest absolute Gasteiger partial charge is 0.370 e. The van der Waals surface area contributed by atoms with Gasteiger partial charge in [0.05, 0.1) is 0 Å². The third-order valence-corrected chi connectivity index (χ3v) is 2.37. The van der Waals surface area contributed by atoms with Gasteiger partial charge in [-0.2, -0.15) is 9.98 Å². The Morgan fingerprint density at radius 2 is 0.926 bits per heavy atom. The molecule has 154 valence electrons. The number of rotatable bonds is 7. The molecule has 0 aliphatic rings. The van der Waals surface area contributed by atoms with Crippen molar-refractivity contribution in [2.75, 3.05) is 13.1 Å². The maximum absolute atomic E-state index is 6.47. The molecule has 0 radical (unpaired) electrons. The predicted molar refractivity (Wildman–Crippen MR) is 110 cm³/mol. The fraction of sp³-hybridized carbons (Fsp3) is 0.500. The van der Waals surface area contributed by atoms with E-state index in [1.807, 2.05) is 5.32 Å². The standard InChI is InChI=1S/C10H24N10.C2H7N5/c11-7(12)19-9(15)17-5-3-1-2-4-6-18-10(16)20-8(13)14;3-1(4)7-2(5)6/h1-6H2,(H6,11,12,15,17,19)(H6,13,14,16,18,20);(H7,3,4,5,6,7). The van der Waals surface area contributed by atoms with E-state index in [0.29, 0.717) is 13.1 Å². The molecule has 0 saturated carbocycles. The van der Waals surface area contributed by atoms with Gasteiger partial charge in [0.15, 0.2) is 23.8 Å². The molecule has 0 atom stereocenters. The number of guanidine groups is 6. The Bertz CT molecular complexity index is 515. The van der Waals surface area contributed by atoms with Gasteiger partial charge in [-0.15, -0.1) is 0 Å². The van der Waals surface area contributed by atoms with E-state index in [4.69, 9.17) is 56.7 Å². The molecule has 0 fully saturated rings. The van der Waals surface area contributed by atoms with Crippen molar-refractivity contribution in [3.05, 3.63) is 0 Å². The molecule has 27 heavy (non-hydrogen) atoms. The summed E-state index contributed by atoms with van der Waals surface area (Å²) in [5.74, 6) is -0.621. The fourth-order valence-corrected chi connectivity index (χ4v) is 1.44. The summed E-state index contributed by atoms with van der Waals surface area (Å²) in [6.07, 6.45) is 3.79. The predicted octanol–water partition coefficient (Wildman–Crippen LogP) is -3.91. The lowest BCUT2D eigenvalue weighted by Crippen LogP contribution is -2.39. The van der Waals surface area contributed by atoms with Gasteiger partial charge in [0.2, 0.25) is 11.9 Å². The molecule has 0 rings (SSSR count). The molecule has 0 unspecified atom stereocenters. The van der Waals surface area contributed by atoms with Crippen molar-refractivity contribution < 1.29 is 0 Å². The molecular weight excluding hydrogens is 354 g/mol. The highest BCUT2D eigenvalue weighted by atomic mass is 15.1. The summed E-state index contributed by atoms with van der Waals surface area (Å²) in [6.45, 7) is 1.17. The van der Waals surface area contributed by atoms with Crippen LogP contribution in [-0.4, -0.2) is 48.8 Å². The molecule has 15 heteroatoms. The molecule has 19 N–H and O–H groups in total. The first-order valence-electron chi connectivity index (χ1n) is 7.78. The Morgan fingerprint density at radius 3 is 1.15 bits per heavy atom. The SMILES string of the molecule is N=C(N)NC(=N)N.NC(N)=NC(N)=NCCCCCCN=C(N)N=C(N)N. The zero-order valence-electron chi connectivity index (χ0n) is 15.2. The van der Waals surface area contributed by atoms with Gasteiger partial charge in [0.25, 0.3) is 0 Å². The van der Waals surface area contributed by atoms with Crippen molar-refractivity contribution in [2.24, 2.45) is 65.8 Å². The Kier molecular flexibility index (Phi) is 14.8. The van der Waals surface area contributed by atoms with Gasteiger partial charge in [-0.1, -0.05) is 12.8 Å². The van der Waals surface area contributed by atoms with E-state index in [9.17, 15) is 0 Å². The van der Waals surface area contributed by atoms with Crippen LogP contribution in [0.1, 0.15) is 25.7 Å². The van der Waals surface area contributed by atoms with Gasteiger partial charge in [-0.25, -0.2) is 0 Å². The molecule has 0 aliphatic heterocycles. The Morgan fingerprint density at radius 1 is 0.593 bits per heavy atom. The fourth-order valence-electron chi connectivity index (χ4n) is 1.44. The number of nitrogens with zero attached hydrogens (tertiary/aromatic N) is 4. The van der Waals surface area contributed by atoms with E-state index in [0.717, 1.165) is 25.7 Å². The summed E-state index contributed by atoms with van der Waals surface area (Å²) in [6, 6.07) is 0. The van der Waals surface area contributed by atoms with Crippen molar-refractivity contribution in [3.8, 4) is 0 Å². The molecule has 0 aliphatic carbocycles. The zero-order chi connectivity index (χ0) is 21.2. The molecule has 0 aromatic carbocycles. The summed E-state index contributed by atoms with van der Waals surface area (Å²) in [5, 5.41) is 15.0. The maximum atomic E-state index is 6.47. The summed E-state index contributed by atoms with van der Waals surface area (Å²) in [5.41, 5.74) is 41.0. The van der Waals surface area contributed by atoms with Gasteiger partial charge < -0.3 is 45.9 Å². The van der Waals surface area contributed by atoms with Crippen molar-refractivity contribution in [1.29, 1.82) is 10.8 Å². The Labute approximate surface area is 157 Å². The van der Waals surface area contributed by atoms with E-state index in [1.165, 1.54) is 0 Å². The number of aliphatic imine (C=N–C) groups is 4. The van der Waals surface area contributed by atoms with Crippen LogP contribution in [-0.2, 0) is 0 Å². The van der Waals surface area contributed by atoms with Crippen LogP contribution in [0.15, 0.2) is 20.0 Å². The first kappa shape index (κ1) is 25.5. The van der Waals surface area contributed by atoms with Crippen LogP contribution in [0.25, 0.3) is 0 Å². The van der Waals surface area contributed by atoms with E-state index in [2.05, 4.69) is 20.0 Å². The van der Waals surface area contributed by atoms with Crippen LogP contribution < -0.4 is 51.2 Å². The monoisotopic (exact) mass is 385 g/mol. The second kappa shape index (κ2) is 15.7. The Balaban J connectivity index is 0. The molecule has 0 heterocycles. The lowest BCUT2D eigenvalue weighted by Gasteiger charge is -1.99. The van der Waals surface area contributed by atoms with Gasteiger partial charge in [-0.3, -0.25) is 26.1 Å². The molecular formula is C12H31N15. The van der Waals surface area contributed by atoms with Crippen LogP contribution in [0.4, 0.5) is 0 Å². The third-order valence-electron chi connectivity index (χ3n) is 2.37. The van der Waals surface area contributed by atoms with Crippen LogP contribution in [0, 0.1) is 10.8 Å². The molecule has 0 bridgehead atoms. The van der Waals surface area contributed by atoms with Gasteiger partial charge >= 0.3 is 0 Å². The highest BCUT2D eigenvalue weighted by Gasteiger charge is 1.93. The van der Waals surface area contributed by atoms with Gasteiger partial charge in [0.1, 0.15) is 0 Å². The lowest BCUT2D eigenvalue weighted by molar-refractivity contribution is 0.653. The Hall–Kier alpha value is -3.78. The highest BCUT2D eigenvalue weighted by molar-refractivity contribution is 5.94. The summed E-state index contributed by atoms with van der Waals surface area (Å²) >= 11 is 0. The lowest BCUT2D eigenvalue weighted by atomic mass is 10.2. The van der Waals surface area contributed by atoms with E-state index < -0.39 is 0 Å². The second-order valence-corrected chi connectivity index (χ2v) is 4.92. The minimum atomic E-state index is -0.312. The maximum Gasteiger partial charge on any atom is 0.218 e. The summed E-state index contributed by atoms with van der Waals surface area (Å²) < 4.78 is 0. The highest BCUT2D eigenvalue weighted by Crippen LogP contribution is 2.00. The average molecular weight is 385 g/mol. The van der Waals surface area contributed by atoms with Crippen molar-refractivity contribution in [1.82, 2.24) is 5.32 Å². The molecule has 0 amide bonds. The smallest absolute Gasteiger partial charge is 0.218 e. The molecule has 0 aromatic heterocycles. The zero-order valence-corrected chi connectivity index (χ0v) is 15.2. The van der Waals surface area contributed by atoms with E-state index in [1.54, 1.807) is 0 Å². The van der Waals surface area contributed by atoms with Crippen molar-refractivity contribution in [2.45, 2.75) is 25.7 Å². The number of nitrogens with two attached hydrogens (primary N) is 8. The first-order valence-corrected chi connectivity index (χ1v) is 7.78. The van der Waals surface area contributed by atoms with Crippen LogP contribution >= 0.6 is 0 Å². The summed E-state index contributed by atoms with van der Waals surface area (Å²) in [4.78, 5) is 15.2. The molecule has 0 spiro atoms. The second-order valence-electron chi connectivity index (χ2n) is 4.92.